The minimum Gasteiger partial charge on any atom is -0.370 e. The zero-order valence-corrected chi connectivity index (χ0v) is 11.1. The SMILES string of the molecule is Cc1cccnc1NCC1CCN(C(C)C)C1. The number of rotatable bonds is 4. The normalized spacial score (nSPS) is 21.1. The van der Waals surface area contributed by atoms with Crippen molar-refractivity contribution in [3.05, 3.63) is 23.9 Å². The quantitative estimate of drug-likeness (QED) is 0.866. The summed E-state index contributed by atoms with van der Waals surface area (Å²) in [6.07, 6.45) is 3.15. The number of likely N-dealkylation sites (tertiary alicyclic amines) is 1. The van der Waals surface area contributed by atoms with Crippen LogP contribution in [0.4, 0.5) is 5.82 Å². The maximum atomic E-state index is 4.37. The Bertz CT molecular complexity index is 362. The van der Waals surface area contributed by atoms with Crippen molar-refractivity contribution in [1.29, 1.82) is 0 Å². The molecule has 1 aliphatic heterocycles. The van der Waals surface area contributed by atoms with E-state index in [0.717, 1.165) is 18.3 Å². The lowest BCUT2D eigenvalue weighted by molar-refractivity contribution is 0.266. The Morgan fingerprint density at radius 1 is 1.53 bits per heavy atom. The van der Waals surface area contributed by atoms with Crippen LogP contribution in [0.25, 0.3) is 0 Å². The first kappa shape index (κ1) is 12.4. The molecule has 94 valence electrons. The van der Waals surface area contributed by atoms with Gasteiger partial charge in [-0.15, -0.1) is 0 Å². The van der Waals surface area contributed by atoms with Crippen LogP contribution in [0.1, 0.15) is 25.8 Å². The highest BCUT2D eigenvalue weighted by Gasteiger charge is 2.23. The second kappa shape index (κ2) is 5.50. The third kappa shape index (κ3) is 3.19. The smallest absolute Gasteiger partial charge is 0.128 e. The zero-order valence-electron chi connectivity index (χ0n) is 11.1. The summed E-state index contributed by atoms with van der Waals surface area (Å²) >= 11 is 0. The lowest BCUT2D eigenvalue weighted by atomic mass is 10.1. The number of nitrogens with zero attached hydrogens (tertiary/aromatic N) is 2. The Labute approximate surface area is 104 Å². The molecule has 1 N–H and O–H groups in total. The molecule has 0 bridgehead atoms. The van der Waals surface area contributed by atoms with Gasteiger partial charge in [0.05, 0.1) is 0 Å². The number of aryl methyl sites for hydroxylation is 1. The van der Waals surface area contributed by atoms with Crippen molar-refractivity contribution in [3.8, 4) is 0 Å². The molecular weight excluding hydrogens is 210 g/mol. The van der Waals surface area contributed by atoms with Gasteiger partial charge in [0.25, 0.3) is 0 Å². The molecule has 2 rings (SSSR count). The van der Waals surface area contributed by atoms with E-state index in [1.165, 1.54) is 25.1 Å². The van der Waals surface area contributed by atoms with E-state index < -0.39 is 0 Å². The fourth-order valence-electron chi connectivity index (χ4n) is 2.41. The largest absolute Gasteiger partial charge is 0.370 e. The molecule has 1 aliphatic rings. The number of hydrogen-bond donors (Lipinski definition) is 1. The Hall–Kier alpha value is -1.09. The van der Waals surface area contributed by atoms with Crippen LogP contribution in [-0.4, -0.2) is 35.6 Å². The van der Waals surface area contributed by atoms with Gasteiger partial charge >= 0.3 is 0 Å². The molecule has 0 aromatic carbocycles. The van der Waals surface area contributed by atoms with E-state index in [0.29, 0.717) is 6.04 Å². The summed E-state index contributed by atoms with van der Waals surface area (Å²) in [4.78, 5) is 6.92. The van der Waals surface area contributed by atoms with Crippen LogP contribution in [0, 0.1) is 12.8 Å². The van der Waals surface area contributed by atoms with Crippen molar-refractivity contribution in [2.75, 3.05) is 25.0 Å². The topological polar surface area (TPSA) is 28.2 Å². The molecule has 1 aromatic rings. The first-order valence-electron chi connectivity index (χ1n) is 6.56. The zero-order chi connectivity index (χ0) is 12.3. The summed E-state index contributed by atoms with van der Waals surface area (Å²) in [6, 6.07) is 4.76. The molecule has 0 radical (unpaired) electrons. The van der Waals surface area contributed by atoms with E-state index >= 15 is 0 Å². The van der Waals surface area contributed by atoms with Crippen LogP contribution in [0.15, 0.2) is 18.3 Å². The molecule has 0 saturated carbocycles. The van der Waals surface area contributed by atoms with Crippen molar-refractivity contribution in [2.45, 2.75) is 33.2 Å². The van der Waals surface area contributed by atoms with Crippen molar-refractivity contribution in [3.63, 3.8) is 0 Å². The minimum atomic E-state index is 0.677. The van der Waals surface area contributed by atoms with Crippen LogP contribution >= 0.6 is 0 Å². The van der Waals surface area contributed by atoms with Crippen molar-refractivity contribution >= 4 is 5.82 Å². The molecule has 1 atom stereocenters. The van der Waals surface area contributed by atoms with E-state index in [-0.39, 0.29) is 0 Å². The monoisotopic (exact) mass is 233 g/mol. The van der Waals surface area contributed by atoms with Crippen LogP contribution < -0.4 is 5.32 Å². The lowest BCUT2D eigenvalue weighted by Gasteiger charge is -2.20. The molecule has 3 heteroatoms. The Morgan fingerprint density at radius 2 is 2.35 bits per heavy atom. The van der Waals surface area contributed by atoms with Crippen molar-refractivity contribution in [1.82, 2.24) is 9.88 Å². The van der Waals surface area contributed by atoms with Crippen LogP contribution in [-0.2, 0) is 0 Å². The van der Waals surface area contributed by atoms with E-state index in [4.69, 9.17) is 0 Å². The number of anilines is 1. The van der Waals surface area contributed by atoms with Crippen LogP contribution in [0.2, 0.25) is 0 Å². The van der Waals surface area contributed by atoms with Crippen LogP contribution in [0.3, 0.4) is 0 Å². The first-order valence-corrected chi connectivity index (χ1v) is 6.56. The molecule has 1 unspecified atom stereocenters. The number of nitrogens with one attached hydrogen (secondary N) is 1. The third-order valence-electron chi connectivity index (χ3n) is 3.62. The van der Waals surface area contributed by atoms with Gasteiger partial charge in [-0.2, -0.15) is 0 Å². The van der Waals surface area contributed by atoms with Gasteiger partial charge < -0.3 is 10.2 Å². The fourth-order valence-corrected chi connectivity index (χ4v) is 2.41. The Kier molecular flexibility index (Phi) is 4.00. The van der Waals surface area contributed by atoms with Gasteiger partial charge in [-0.3, -0.25) is 0 Å². The van der Waals surface area contributed by atoms with Crippen molar-refractivity contribution < 1.29 is 0 Å². The summed E-state index contributed by atoms with van der Waals surface area (Å²) in [5.41, 5.74) is 1.23. The third-order valence-corrected chi connectivity index (χ3v) is 3.62. The maximum Gasteiger partial charge on any atom is 0.128 e. The summed E-state index contributed by atoms with van der Waals surface area (Å²) in [6.45, 7) is 10.2. The summed E-state index contributed by atoms with van der Waals surface area (Å²) < 4.78 is 0. The van der Waals surface area contributed by atoms with Gasteiger partial charge in [-0.1, -0.05) is 6.07 Å². The molecular formula is C14H23N3. The molecule has 0 amide bonds. The van der Waals surface area contributed by atoms with Gasteiger partial charge in [0, 0.05) is 25.3 Å². The summed E-state index contributed by atoms with van der Waals surface area (Å²) in [7, 11) is 0. The van der Waals surface area contributed by atoms with Gasteiger partial charge in [0.15, 0.2) is 0 Å². The average Bonchev–Trinajstić information content (AvgIpc) is 2.77. The van der Waals surface area contributed by atoms with Gasteiger partial charge in [0.1, 0.15) is 5.82 Å². The first-order chi connectivity index (χ1) is 8.16. The standard InChI is InChI=1S/C14H23N3/c1-11(2)17-8-6-13(10-17)9-16-14-12(3)5-4-7-15-14/h4-5,7,11,13H,6,8-10H2,1-3H3,(H,15,16). The highest BCUT2D eigenvalue weighted by atomic mass is 15.2. The van der Waals surface area contributed by atoms with E-state index in [2.05, 4.69) is 42.0 Å². The predicted octanol–water partition coefficient (Wildman–Crippen LogP) is 2.53. The predicted molar refractivity (Wildman–Crippen MR) is 72.3 cm³/mol. The van der Waals surface area contributed by atoms with Gasteiger partial charge in [-0.25, -0.2) is 4.98 Å². The lowest BCUT2D eigenvalue weighted by Crippen LogP contribution is -2.29. The molecule has 17 heavy (non-hydrogen) atoms. The molecule has 3 nitrogen and oxygen atoms in total. The highest BCUT2D eigenvalue weighted by molar-refractivity contribution is 5.42. The van der Waals surface area contributed by atoms with E-state index in [9.17, 15) is 0 Å². The van der Waals surface area contributed by atoms with Crippen LogP contribution in [0.5, 0.6) is 0 Å². The Balaban J connectivity index is 1.82. The number of pyridine rings is 1. The maximum absolute atomic E-state index is 4.37. The van der Waals surface area contributed by atoms with E-state index in [1.807, 2.05) is 12.3 Å². The second-order valence-corrected chi connectivity index (χ2v) is 5.29. The molecule has 0 spiro atoms. The van der Waals surface area contributed by atoms with Gasteiger partial charge in [0.2, 0.25) is 0 Å². The van der Waals surface area contributed by atoms with Gasteiger partial charge in [-0.05, 0) is 51.3 Å². The Morgan fingerprint density at radius 3 is 3.00 bits per heavy atom. The highest BCUT2D eigenvalue weighted by Crippen LogP contribution is 2.19. The number of aromatic nitrogens is 1. The molecule has 1 fully saturated rings. The molecule has 1 aromatic heterocycles. The average molecular weight is 233 g/mol. The van der Waals surface area contributed by atoms with Crippen molar-refractivity contribution in [2.24, 2.45) is 5.92 Å². The molecule has 2 heterocycles. The summed E-state index contributed by atoms with van der Waals surface area (Å²) in [5, 5.41) is 3.48. The fraction of sp³-hybridized carbons (Fsp3) is 0.643. The van der Waals surface area contributed by atoms with E-state index in [1.54, 1.807) is 0 Å². The molecule has 0 aliphatic carbocycles. The number of hydrogen-bond acceptors (Lipinski definition) is 3. The minimum absolute atomic E-state index is 0.677. The summed E-state index contributed by atoms with van der Waals surface area (Å²) in [5.74, 6) is 1.80. The second-order valence-electron chi connectivity index (χ2n) is 5.29. The molecule has 1 saturated heterocycles.